The van der Waals surface area contributed by atoms with Gasteiger partial charge in [0.25, 0.3) is 5.91 Å². The van der Waals surface area contributed by atoms with E-state index in [1.54, 1.807) is 24.4 Å². The molecule has 3 amide bonds. The summed E-state index contributed by atoms with van der Waals surface area (Å²) >= 11 is 1.37. The molecule has 11 rings (SSSR count). The number of nitrogens with one attached hydrogen (secondary N) is 3. The molecule has 3 N–H and O–H groups in total. The van der Waals surface area contributed by atoms with Crippen molar-refractivity contribution in [3.8, 4) is 22.5 Å². The van der Waals surface area contributed by atoms with Crippen LogP contribution in [0.15, 0.2) is 41.9 Å². The topological polar surface area (TPSA) is 164 Å². The van der Waals surface area contributed by atoms with Gasteiger partial charge in [0.1, 0.15) is 24.7 Å². The van der Waals surface area contributed by atoms with Crippen LogP contribution in [0.2, 0.25) is 0 Å². The number of fused-ring (bicyclic) bond motifs is 6. The predicted molar refractivity (Wildman–Crippen MR) is 267 cm³/mol. The molecule has 1 aromatic carbocycles. The number of esters is 1. The number of nitrogens with zero attached hydrogens (tertiary/aromatic N) is 6. The number of likely N-dealkylation sites (tertiary alicyclic amines) is 2. The molecule has 0 unspecified atom stereocenters. The van der Waals surface area contributed by atoms with E-state index in [0.717, 1.165) is 51.6 Å². The fourth-order valence-corrected chi connectivity index (χ4v) is 13.8. The molecule has 6 atom stereocenters. The van der Waals surface area contributed by atoms with Crippen molar-refractivity contribution in [2.45, 2.75) is 154 Å². The molecule has 8 heterocycles. The lowest BCUT2D eigenvalue weighted by Crippen LogP contribution is -2.62. The van der Waals surface area contributed by atoms with Crippen molar-refractivity contribution in [2.24, 2.45) is 22.7 Å². The molecule has 3 aromatic heterocycles. The smallest absolute Gasteiger partial charge is 0.406 e. The number of aromatic nitrogens is 3. The first-order valence-corrected chi connectivity index (χ1v) is 27.3. The van der Waals surface area contributed by atoms with Gasteiger partial charge in [-0.25, -0.2) is 10.4 Å². The molecule has 4 aromatic rings. The van der Waals surface area contributed by atoms with Crippen molar-refractivity contribution >= 4 is 45.9 Å². The second-order valence-electron chi connectivity index (χ2n) is 23.2. The van der Waals surface area contributed by atoms with Gasteiger partial charge in [-0.05, 0) is 112 Å². The van der Waals surface area contributed by atoms with E-state index in [2.05, 4.69) is 30.8 Å². The van der Waals surface area contributed by atoms with E-state index in [9.17, 15) is 27.6 Å². The van der Waals surface area contributed by atoms with Gasteiger partial charge in [-0.2, -0.15) is 13.2 Å². The number of carbonyl (C=O) groups is 4. The number of benzene rings is 1. The summed E-state index contributed by atoms with van der Waals surface area (Å²) in [6.45, 7) is 9.79. The zero-order valence-electron chi connectivity index (χ0n) is 41.9. The quantitative estimate of drug-likeness (QED) is 0.114. The highest BCUT2D eigenvalue weighted by atomic mass is 32.1. The monoisotopic (exact) mass is 1010 g/mol. The lowest BCUT2D eigenvalue weighted by Gasteiger charge is -2.37. The van der Waals surface area contributed by atoms with Gasteiger partial charge in [-0.15, -0.1) is 11.3 Å². The van der Waals surface area contributed by atoms with Gasteiger partial charge in [0, 0.05) is 83.1 Å². The number of carbonyl (C=O) groups excluding carboxylic acids is 4. The largest absolute Gasteiger partial charge is 0.464 e. The number of hydrogen-bond donors (Lipinski definition) is 3. The number of amides is 3. The molecule has 7 aliphatic rings. The lowest BCUT2D eigenvalue weighted by molar-refractivity contribution is -0.155. The van der Waals surface area contributed by atoms with Crippen LogP contribution in [0.5, 0.6) is 0 Å². The molecule has 6 bridgehead atoms. The second kappa shape index (κ2) is 19.1. The average Bonchev–Trinajstić information content (AvgIpc) is 4.02. The molecule has 2 saturated carbocycles. The molecule has 0 radical (unpaired) electrons. The highest BCUT2D eigenvalue weighted by Crippen LogP contribution is 2.46. The summed E-state index contributed by atoms with van der Waals surface area (Å²) in [4.78, 5) is 71.7. The van der Waals surface area contributed by atoms with Crippen LogP contribution in [-0.2, 0) is 43.3 Å². The maximum Gasteiger partial charge on any atom is 0.406 e. The molecule has 2 aliphatic carbocycles. The van der Waals surface area contributed by atoms with Crippen molar-refractivity contribution < 1.29 is 37.1 Å². The highest BCUT2D eigenvalue weighted by molar-refractivity contribution is 7.10. The molecule has 1 spiro atoms. The van der Waals surface area contributed by atoms with Gasteiger partial charge in [0.2, 0.25) is 11.8 Å². The van der Waals surface area contributed by atoms with Crippen LogP contribution in [0, 0.1) is 22.7 Å². The minimum absolute atomic E-state index is 0.0332. The molecular weight excluding hydrogens is 944 g/mol. The SMILES string of the molecule is CC(C)c1ncccc1-c1c2c3cc(ccc3n1CC(F)(F)F)-c1csc(n1)C[C@H](NC(=O)[C@H](C1CCCC1)N1CC[C@]3(CCN(C(=O)[C@@H]4N[C@@H]4C4CC4)C3)C1)C(=O)N1CCC[C@H](N1)C(=O)OCC(C)(C)C2. The van der Waals surface area contributed by atoms with Gasteiger partial charge >= 0.3 is 12.1 Å². The number of halogens is 3. The van der Waals surface area contributed by atoms with E-state index in [4.69, 9.17) is 9.72 Å². The summed E-state index contributed by atoms with van der Waals surface area (Å²) in [5, 5.41) is 11.3. The number of rotatable bonds is 9. The van der Waals surface area contributed by atoms with Crippen molar-refractivity contribution in [3.05, 3.63) is 58.2 Å². The Morgan fingerprint density at radius 2 is 1.79 bits per heavy atom. The zero-order valence-corrected chi connectivity index (χ0v) is 42.7. The third-order valence-electron chi connectivity index (χ3n) is 16.7. The number of pyridine rings is 1. The molecule has 5 aliphatic heterocycles. The summed E-state index contributed by atoms with van der Waals surface area (Å²) in [7, 11) is 0. The summed E-state index contributed by atoms with van der Waals surface area (Å²) in [5.74, 6) is -0.211. The Labute approximate surface area is 423 Å². The van der Waals surface area contributed by atoms with Crippen molar-refractivity contribution in [3.63, 3.8) is 0 Å². The molecule has 72 heavy (non-hydrogen) atoms. The Bertz CT molecular complexity index is 2750. The normalized spacial score (nSPS) is 27.7. The van der Waals surface area contributed by atoms with Gasteiger partial charge in [0.15, 0.2) is 0 Å². The Balaban J connectivity index is 0.922. The minimum Gasteiger partial charge on any atom is -0.464 e. The number of thiazole rings is 1. The number of ether oxygens (including phenoxy) is 1. The van der Waals surface area contributed by atoms with E-state index in [1.807, 2.05) is 45.2 Å². The first-order chi connectivity index (χ1) is 34.4. The highest BCUT2D eigenvalue weighted by Gasteiger charge is 2.55. The first-order valence-electron chi connectivity index (χ1n) is 26.4. The van der Waals surface area contributed by atoms with Crippen molar-refractivity contribution in [2.75, 3.05) is 39.3 Å². The standard InChI is InChI=1S/C54H68F3N9O5S/c1-31(2)43-35(11-7-19-58-43)47-37-25-52(3,4)30-71-51(70)38-12-8-20-66(62-38)49(68)39(24-42-59-40(26-72-42)34-15-16-41(36(37)23-34)65(47)29-54(55,56)57)60-48(67)46(33-9-5-6-10-33)63-21-17-53(27-63)18-22-64(28-53)50(69)45-44(61-45)32-13-14-32/h7,11,15-16,19,23,26,31-33,38-39,44-46,61-62H,5-6,8-10,12-14,17-18,20-22,24-25,27-30H2,1-4H3,(H,60,67)/t38-,39-,44+,45+,46-,53-/m0/s1. The number of alkyl halides is 3. The van der Waals surface area contributed by atoms with Crippen molar-refractivity contribution in [1.29, 1.82) is 0 Å². The Morgan fingerprint density at radius 1 is 1.00 bits per heavy atom. The van der Waals surface area contributed by atoms with Crippen LogP contribution in [0.1, 0.15) is 114 Å². The maximum atomic E-state index is 15.1. The van der Waals surface area contributed by atoms with E-state index in [1.165, 1.54) is 33.8 Å². The summed E-state index contributed by atoms with van der Waals surface area (Å²) < 4.78 is 51.5. The zero-order chi connectivity index (χ0) is 50.3. The van der Waals surface area contributed by atoms with E-state index in [-0.39, 0.29) is 60.5 Å². The third-order valence-corrected chi connectivity index (χ3v) is 17.6. The molecule has 4 saturated heterocycles. The minimum atomic E-state index is -4.54. The summed E-state index contributed by atoms with van der Waals surface area (Å²) in [6, 6.07) is 6.98. The Hall–Kier alpha value is -4.91. The molecule has 386 valence electrons. The predicted octanol–water partition coefficient (Wildman–Crippen LogP) is 7.39. The van der Waals surface area contributed by atoms with Crippen LogP contribution >= 0.6 is 11.3 Å². The third kappa shape index (κ3) is 9.93. The molecule has 14 nitrogen and oxygen atoms in total. The molecule has 6 fully saturated rings. The number of hydrogen-bond acceptors (Lipinski definition) is 11. The van der Waals surface area contributed by atoms with Crippen LogP contribution in [0.4, 0.5) is 13.2 Å². The van der Waals surface area contributed by atoms with Crippen LogP contribution in [0.3, 0.4) is 0 Å². The summed E-state index contributed by atoms with van der Waals surface area (Å²) in [5.41, 5.74) is 6.47. The Kier molecular flexibility index (Phi) is 13.1. The maximum absolute atomic E-state index is 15.1. The Morgan fingerprint density at radius 3 is 2.56 bits per heavy atom. The first kappa shape index (κ1) is 49.3. The average molecular weight is 1010 g/mol. The summed E-state index contributed by atoms with van der Waals surface area (Å²) in [6.07, 6.45) is 6.54. The van der Waals surface area contributed by atoms with E-state index in [0.29, 0.717) is 94.1 Å². The van der Waals surface area contributed by atoms with E-state index >= 15 is 4.79 Å². The molecule has 18 heteroatoms. The van der Waals surface area contributed by atoms with Crippen LogP contribution < -0.4 is 16.1 Å². The lowest BCUT2D eigenvalue weighted by atomic mass is 9.84. The molecular formula is C54H68F3N9O5S. The van der Waals surface area contributed by atoms with Gasteiger partial charge < -0.3 is 19.5 Å². The van der Waals surface area contributed by atoms with Gasteiger partial charge in [0.05, 0.1) is 34.7 Å². The number of cyclic esters (lactones) is 1. The van der Waals surface area contributed by atoms with Crippen LogP contribution in [0.25, 0.3) is 33.4 Å². The van der Waals surface area contributed by atoms with Gasteiger partial charge in [-0.1, -0.05) is 46.6 Å². The van der Waals surface area contributed by atoms with Gasteiger partial charge in [-0.3, -0.25) is 39.4 Å². The van der Waals surface area contributed by atoms with Crippen LogP contribution in [-0.4, -0.2) is 129 Å². The second-order valence-corrected chi connectivity index (χ2v) is 24.2. The fraction of sp³-hybridized carbons (Fsp3) is 0.630. The van der Waals surface area contributed by atoms with Crippen molar-refractivity contribution in [1.82, 2.24) is 45.4 Å². The number of hydrazine groups is 1. The fourth-order valence-electron chi connectivity index (χ4n) is 12.9. The van der Waals surface area contributed by atoms with E-state index < -0.39 is 42.2 Å².